The highest BCUT2D eigenvalue weighted by Crippen LogP contribution is 2.36. The second-order valence-corrected chi connectivity index (χ2v) is 8.45. The van der Waals surface area contributed by atoms with E-state index < -0.39 is 5.41 Å². The first-order chi connectivity index (χ1) is 13.1. The van der Waals surface area contributed by atoms with Crippen LogP contribution >= 0.6 is 11.3 Å². The molecule has 0 radical (unpaired) electrons. The van der Waals surface area contributed by atoms with Crippen molar-refractivity contribution in [2.75, 3.05) is 19.7 Å². The first-order valence-electron chi connectivity index (χ1n) is 9.41. The molecule has 2 saturated heterocycles. The predicted octanol–water partition coefficient (Wildman–Crippen LogP) is 2.84. The third-order valence-electron chi connectivity index (χ3n) is 5.70. The molecule has 2 fully saturated rings. The lowest BCUT2D eigenvalue weighted by Crippen LogP contribution is -2.44. The molecule has 142 valence electrons. The second-order valence-electron chi connectivity index (χ2n) is 7.51. The number of carbonyl (C=O) groups excluding carboxylic acids is 2. The molecule has 4 rings (SSSR count). The van der Waals surface area contributed by atoms with E-state index in [1.54, 1.807) is 16.2 Å². The molecule has 2 atom stereocenters. The van der Waals surface area contributed by atoms with E-state index in [9.17, 15) is 9.59 Å². The summed E-state index contributed by atoms with van der Waals surface area (Å²) in [5.41, 5.74) is 7.34. The van der Waals surface area contributed by atoms with Gasteiger partial charge in [0, 0.05) is 24.6 Å². The number of ether oxygens (including phenoxy) is 1. The molecule has 0 spiro atoms. The summed E-state index contributed by atoms with van der Waals surface area (Å²) in [5.74, 6) is -0.323. The number of hydrogen-bond donors (Lipinski definition) is 1. The number of carbonyl (C=O) groups is 2. The molecule has 2 amide bonds. The molecule has 1 aromatic heterocycles. The summed E-state index contributed by atoms with van der Waals surface area (Å²) in [6, 6.07) is 12.4. The minimum Gasteiger partial charge on any atom is -0.369 e. The highest BCUT2D eigenvalue weighted by Gasteiger charge is 2.46. The Morgan fingerprint density at radius 2 is 2.07 bits per heavy atom. The van der Waals surface area contributed by atoms with Crippen LogP contribution in [0.15, 0.2) is 41.8 Å². The topological polar surface area (TPSA) is 72.6 Å². The van der Waals surface area contributed by atoms with Gasteiger partial charge in [-0.25, -0.2) is 0 Å². The average Bonchev–Trinajstić information content (AvgIpc) is 3.43. The Kier molecular flexibility index (Phi) is 5.02. The van der Waals surface area contributed by atoms with Crippen LogP contribution in [-0.2, 0) is 20.7 Å². The predicted molar refractivity (Wildman–Crippen MR) is 105 cm³/mol. The summed E-state index contributed by atoms with van der Waals surface area (Å²) >= 11 is 1.70. The van der Waals surface area contributed by atoms with Crippen LogP contribution in [0.4, 0.5) is 0 Å². The lowest BCUT2D eigenvalue weighted by Gasteiger charge is -2.27. The molecule has 0 aliphatic carbocycles. The van der Waals surface area contributed by atoms with Crippen molar-refractivity contribution in [3.05, 3.63) is 47.3 Å². The summed E-state index contributed by atoms with van der Waals surface area (Å²) in [4.78, 5) is 27.9. The Morgan fingerprint density at radius 3 is 2.70 bits per heavy atom. The molecule has 5 nitrogen and oxygen atoms in total. The minimum atomic E-state index is -0.696. The van der Waals surface area contributed by atoms with Gasteiger partial charge in [-0.3, -0.25) is 9.59 Å². The molecule has 0 unspecified atom stereocenters. The quantitative estimate of drug-likeness (QED) is 0.862. The minimum absolute atomic E-state index is 0.00340. The van der Waals surface area contributed by atoms with Gasteiger partial charge in [-0.05, 0) is 48.3 Å². The fourth-order valence-corrected chi connectivity index (χ4v) is 4.82. The number of primary amides is 1. The van der Waals surface area contributed by atoms with Crippen molar-refractivity contribution in [1.82, 2.24) is 4.90 Å². The number of nitrogens with two attached hydrogens (primary N) is 1. The van der Waals surface area contributed by atoms with Crippen LogP contribution < -0.4 is 5.73 Å². The molecule has 6 heteroatoms. The van der Waals surface area contributed by atoms with E-state index in [1.807, 2.05) is 6.07 Å². The monoisotopic (exact) mass is 384 g/mol. The zero-order valence-corrected chi connectivity index (χ0v) is 16.0. The molecule has 2 aliphatic rings. The Morgan fingerprint density at radius 1 is 1.26 bits per heavy atom. The van der Waals surface area contributed by atoms with Gasteiger partial charge in [-0.1, -0.05) is 30.3 Å². The number of nitrogens with zero attached hydrogens (tertiary/aromatic N) is 1. The summed E-state index contributed by atoms with van der Waals surface area (Å²) < 4.78 is 5.52. The molecular weight excluding hydrogens is 360 g/mol. The Balaban J connectivity index is 1.48. The average molecular weight is 385 g/mol. The van der Waals surface area contributed by atoms with Crippen molar-refractivity contribution < 1.29 is 14.3 Å². The molecule has 3 heterocycles. The summed E-state index contributed by atoms with van der Waals surface area (Å²) in [7, 11) is 0. The van der Waals surface area contributed by atoms with Crippen molar-refractivity contribution in [3.8, 4) is 10.4 Å². The maximum atomic E-state index is 12.6. The van der Waals surface area contributed by atoms with Crippen molar-refractivity contribution in [1.29, 1.82) is 0 Å². The number of amides is 2. The third kappa shape index (κ3) is 3.64. The van der Waals surface area contributed by atoms with Crippen molar-refractivity contribution in [2.24, 2.45) is 11.1 Å². The van der Waals surface area contributed by atoms with Gasteiger partial charge in [-0.2, -0.15) is 0 Å². The number of benzene rings is 1. The summed E-state index contributed by atoms with van der Waals surface area (Å²) in [6.45, 7) is 1.59. The van der Waals surface area contributed by atoms with Crippen LogP contribution in [0.5, 0.6) is 0 Å². The Bertz CT molecular complexity index is 812. The van der Waals surface area contributed by atoms with E-state index in [0.29, 0.717) is 32.5 Å². The number of hydrogen-bond acceptors (Lipinski definition) is 4. The molecule has 2 aliphatic heterocycles. The van der Waals surface area contributed by atoms with E-state index >= 15 is 0 Å². The van der Waals surface area contributed by atoms with Gasteiger partial charge in [0.15, 0.2) is 0 Å². The van der Waals surface area contributed by atoms with Crippen LogP contribution in [-0.4, -0.2) is 42.5 Å². The fraction of sp³-hybridized carbons (Fsp3) is 0.429. The first kappa shape index (κ1) is 18.2. The van der Waals surface area contributed by atoms with E-state index in [0.717, 1.165) is 18.4 Å². The highest BCUT2D eigenvalue weighted by atomic mass is 32.1. The first-order valence-corrected chi connectivity index (χ1v) is 10.3. The summed E-state index contributed by atoms with van der Waals surface area (Å²) in [6.07, 6.45) is 2.50. The van der Waals surface area contributed by atoms with Crippen molar-refractivity contribution in [3.63, 3.8) is 0 Å². The van der Waals surface area contributed by atoms with Gasteiger partial charge in [0.2, 0.25) is 5.91 Å². The van der Waals surface area contributed by atoms with Crippen molar-refractivity contribution >= 4 is 23.2 Å². The smallest absolute Gasteiger partial charge is 0.251 e. The van der Waals surface area contributed by atoms with Gasteiger partial charge in [-0.15, -0.1) is 11.3 Å². The standard InChI is InChI=1S/C21H24N2O3S/c22-20(25)21(9-10-23(14-21)19(24)17-3-1-11-26-17)13-15-5-7-16(8-6-15)18-4-2-12-27-18/h2,4-8,12,17H,1,3,9-11,13-14H2,(H2,22,25)/t17-,21-/m0/s1. The highest BCUT2D eigenvalue weighted by molar-refractivity contribution is 7.13. The normalized spacial score (nSPS) is 25.0. The van der Waals surface area contributed by atoms with E-state index in [4.69, 9.17) is 10.5 Å². The molecule has 2 N–H and O–H groups in total. The largest absolute Gasteiger partial charge is 0.369 e. The third-order valence-corrected chi connectivity index (χ3v) is 6.61. The van der Waals surface area contributed by atoms with Gasteiger partial charge >= 0.3 is 0 Å². The number of likely N-dealkylation sites (tertiary alicyclic amines) is 1. The van der Waals surface area contributed by atoms with Gasteiger partial charge in [0.05, 0.1) is 5.41 Å². The lowest BCUT2D eigenvalue weighted by molar-refractivity contribution is -0.140. The zero-order chi connectivity index (χ0) is 18.9. The molecular formula is C21H24N2O3S. The van der Waals surface area contributed by atoms with E-state index in [-0.39, 0.29) is 17.9 Å². The summed E-state index contributed by atoms with van der Waals surface area (Å²) in [5, 5.41) is 2.06. The maximum Gasteiger partial charge on any atom is 0.251 e. The van der Waals surface area contributed by atoms with Crippen LogP contribution in [0.2, 0.25) is 0 Å². The molecule has 0 bridgehead atoms. The Labute approximate surface area is 163 Å². The van der Waals surface area contributed by atoms with E-state index in [2.05, 4.69) is 35.7 Å². The SMILES string of the molecule is NC(=O)[C@]1(Cc2ccc(-c3cccs3)cc2)CCN(C(=O)[C@@H]2CCCO2)C1. The second kappa shape index (κ2) is 7.44. The van der Waals surface area contributed by atoms with Crippen molar-refractivity contribution in [2.45, 2.75) is 31.8 Å². The molecule has 1 aromatic carbocycles. The van der Waals surface area contributed by atoms with Crippen LogP contribution in [0.3, 0.4) is 0 Å². The van der Waals surface area contributed by atoms with Gasteiger partial charge in [0.1, 0.15) is 6.10 Å². The molecule has 27 heavy (non-hydrogen) atoms. The van der Waals surface area contributed by atoms with Gasteiger partial charge < -0.3 is 15.4 Å². The van der Waals surface area contributed by atoms with Crippen LogP contribution in [0, 0.1) is 5.41 Å². The van der Waals surface area contributed by atoms with Gasteiger partial charge in [0.25, 0.3) is 5.91 Å². The van der Waals surface area contributed by atoms with Crippen LogP contribution in [0.1, 0.15) is 24.8 Å². The maximum absolute atomic E-state index is 12.6. The Hall–Kier alpha value is -2.18. The zero-order valence-electron chi connectivity index (χ0n) is 15.2. The number of rotatable bonds is 5. The van der Waals surface area contributed by atoms with E-state index in [1.165, 1.54) is 10.4 Å². The number of thiophene rings is 1. The fourth-order valence-electron chi connectivity index (χ4n) is 4.09. The lowest BCUT2D eigenvalue weighted by atomic mass is 9.80. The molecule has 0 saturated carbocycles. The molecule has 2 aromatic rings. The van der Waals surface area contributed by atoms with Crippen LogP contribution in [0.25, 0.3) is 10.4 Å².